The maximum Gasteiger partial charge on any atom is 0.283 e. The molecule has 1 heterocycles. The van der Waals surface area contributed by atoms with Crippen molar-refractivity contribution in [1.29, 1.82) is 0 Å². The zero-order valence-electron chi connectivity index (χ0n) is 12.2. The lowest BCUT2D eigenvalue weighted by Gasteiger charge is -2.38. The Morgan fingerprint density at radius 3 is 2.91 bits per heavy atom. The third-order valence-electron chi connectivity index (χ3n) is 3.92. The fourth-order valence-corrected chi connectivity index (χ4v) is 2.88. The van der Waals surface area contributed by atoms with Crippen LogP contribution in [0.4, 0.5) is 5.69 Å². The van der Waals surface area contributed by atoms with Gasteiger partial charge in [0.1, 0.15) is 5.56 Å². The van der Waals surface area contributed by atoms with E-state index in [0.29, 0.717) is 19.4 Å². The molecule has 1 saturated heterocycles. The molecular formula is C14H18ClN3O4. The topological polar surface area (TPSA) is 98.7 Å². The second-order valence-electron chi connectivity index (χ2n) is 5.19. The molecule has 0 saturated carbocycles. The summed E-state index contributed by atoms with van der Waals surface area (Å²) in [6.45, 7) is 0.742. The Labute approximate surface area is 133 Å². The molecule has 0 aromatic heterocycles. The fraction of sp³-hybridized carbons (Fsp3) is 0.500. The van der Waals surface area contributed by atoms with Crippen LogP contribution in [0.25, 0.3) is 0 Å². The summed E-state index contributed by atoms with van der Waals surface area (Å²) in [7, 11) is 1.62. The first-order valence-corrected chi connectivity index (χ1v) is 7.33. The van der Waals surface area contributed by atoms with Gasteiger partial charge in [0.2, 0.25) is 0 Å². The maximum atomic E-state index is 12.7. The van der Waals surface area contributed by atoms with Gasteiger partial charge < -0.3 is 15.4 Å². The van der Waals surface area contributed by atoms with Crippen LogP contribution in [0.3, 0.4) is 0 Å². The molecule has 2 unspecified atom stereocenters. The number of amides is 1. The lowest BCUT2D eigenvalue weighted by molar-refractivity contribution is -0.385. The van der Waals surface area contributed by atoms with Gasteiger partial charge in [-0.2, -0.15) is 0 Å². The van der Waals surface area contributed by atoms with E-state index in [0.717, 1.165) is 0 Å². The summed E-state index contributed by atoms with van der Waals surface area (Å²) in [5.74, 6) is -0.395. The standard InChI is InChI=1S/C14H18ClN3O4/c1-22-11-4-5-17(10(7-11)8-16)14(19)12-3-2-9(15)6-13(12)18(20)21/h2-3,6,10-11H,4-5,7-8,16H2,1H3. The Balaban J connectivity index is 2.29. The zero-order valence-corrected chi connectivity index (χ0v) is 13.0. The SMILES string of the molecule is COC1CCN(C(=O)c2ccc(Cl)cc2[N+](=O)[O-])C(CN)C1. The van der Waals surface area contributed by atoms with E-state index in [4.69, 9.17) is 22.1 Å². The van der Waals surface area contributed by atoms with Crippen LogP contribution in [0.2, 0.25) is 5.02 Å². The Morgan fingerprint density at radius 2 is 2.32 bits per heavy atom. The molecule has 22 heavy (non-hydrogen) atoms. The van der Waals surface area contributed by atoms with E-state index in [1.807, 2.05) is 0 Å². The van der Waals surface area contributed by atoms with Gasteiger partial charge in [-0.15, -0.1) is 0 Å². The van der Waals surface area contributed by atoms with Gasteiger partial charge in [0, 0.05) is 37.3 Å². The van der Waals surface area contributed by atoms with Crippen LogP contribution >= 0.6 is 11.6 Å². The van der Waals surface area contributed by atoms with Crippen molar-refractivity contribution in [2.24, 2.45) is 5.73 Å². The number of ether oxygens (including phenoxy) is 1. The van der Waals surface area contributed by atoms with E-state index < -0.39 is 10.8 Å². The second-order valence-corrected chi connectivity index (χ2v) is 5.63. The molecule has 8 heteroatoms. The first-order valence-electron chi connectivity index (χ1n) is 6.95. The molecule has 1 aromatic rings. The molecule has 2 N–H and O–H groups in total. The van der Waals surface area contributed by atoms with Crippen LogP contribution in [0.15, 0.2) is 18.2 Å². The fourth-order valence-electron chi connectivity index (χ4n) is 2.71. The number of carbonyl (C=O) groups is 1. The predicted octanol–water partition coefficient (Wildman–Crippen LogP) is 1.83. The van der Waals surface area contributed by atoms with E-state index in [2.05, 4.69) is 0 Å². The number of nitro groups is 1. The number of benzene rings is 1. The lowest BCUT2D eigenvalue weighted by atomic mass is 9.98. The molecule has 2 atom stereocenters. The summed E-state index contributed by atoms with van der Waals surface area (Å²) in [6, 6.07) is 3.86. The third kappa shape index (κ3) is 3.37. The summed E-state index contributed by atoms with van der Waals surface area (Å²) in [5.41, 5.74) is 5.49. The van der Waals surface area contributed by atoms with Crippen molar-refractivity contribution in [3.05, 3.63) is 38.9 Å². The van der Waals surface area contributed by atoms with Crippen molar-refractivity contribution in [2.75, 3.05) is 20.2 Å². The molecular weight excluding hydrogens is 310 g/mol. The van der Waals surface area contributed by atoms with Gasteiger partial charge in [-0.1, -0.05) is 11.6 Å². The zero-order chi connectivity index (χ0) is 16.3. The van der Waals surface area contributed by atoms with Crippen LogP contribution < -0.4 is 5.73 Å². The van der Waals surface area contributed by atoms with E-state index in [1.54, 1.807) is 12.0 Å². The van der Waals surface area contributed by atoms with Crippen LogP contribution in [0, 0.1) is 10.1 Å². The number of nitro benzene ring substituents is 1. The molecule has 0 aliphatic carbocycles. The number of nitrogens with zero attached hydrogens (tertiary/aromatic N) is 2. The van der Waals surface area contributed by atoms with E-state index in [-0.39, 0.29) is 35.0 Å². The molecule has 1 aliphatic heterocycles. The van der Waals surface area contributed by atoms with Gasteiger partial charge in [-0.05, 0) is 25.0 Å². The van der Waals surface area contributed by atoms with Gasteiger partial charge >= 0.3 is 0 Å². The van der Waals surface area contributed by atoms with Gasteiger partial charge in [0.05, 0.1) is 11.0 Å². The number of rotatable bonds is 4. The minimum absolute atomic E-state index is 0.0312. The molecule has 0 spiro atoms. The van der Waals surface area contributed by atoms with Crippen LogP contribution in [0.1, 0.15) is 23.2 Å². The van der Waals surface area contributed by atoms with Gasteiger partial charge in [0.15, 0.2) is 0 Å². The molecule has 0 bridgehead atoms. The second kappa shape index (κ2) is 7.04. The minimum atomic E-state index is -0.599. The highest BCUT2D eigenvalue weighted by molar-refractivity contribution is 6.31. The average Bonchev–Trinajstić information content (AvgIpc) is 2.53. The number of piperidine rings is 1. The van der Waals surface area contributed by atoms with Crippen LogP contribution in [-0.4, -0.2) is 48.1 Å². The average molecular weight is 328 g/mol. The number of methoxy groups -OCH3 is 1. The number of hydrogen-bond acceptors (Lipinski definition) is 5. The molecule has 1 aromatic carbocycles. The molecule has 120 valence electrons. The van der Waals surface area contributed by atoms with E-state index >= 15 is 0 Å². The van der Waals surface area contributed by atoms with Gasteiger partial charge in [-0.3, -0.25) is 14.9 Å². The summed E-state index contributed by atoms with van der Waals surface area (Å²) >= 11 is 5.78. The molecule has 1 amide bonds. The van der Waals surface area contributed by atoms with Crippen molar-refractivity contribution < 1.29 is 14.5 Å². The lowest BCUT2D eigenvalue weighted by Crippen LogP contribution is -2.51. The highest BCUT2D eigenvalue weighted by Gasteiger charge is 2.34. The first kappa shape index (κ1) is 16.7. The number of halogens is 1. The van der Waals surface area contributed by atoms with E-state index in [1.165, 1.54) is 18.2 Å². The van der Waals surface area contributed by atoms with Crippen LogP contribution in [0.5, 0.6) is 0 Å². The third-order valence-corrected chi connectivity index (χ3v) is 4.16. The molecule has 2 rings (SSSR count). The van der Waals surface area contributed by atoms with Crippen molar-refractivity contribution in [3.63, 3.8) is 0 Å². The monoisotopic (exact) mass is 327 g/mol. The van der Waals surface area contributed by atoms with E-state index in [9.17, 15) is 14.9 Å². The summed E-state index contributed by atoms with van der Waals surface area (Å²) in [5, 5.41) is 11.4. The Bertz CT molecular complexity index is 581. The summed E-state index contributed by atoms with van der Waals surface area (Å²) in [4.78, 5) is 24.8. The molecule has 7 nitrogen and oxygen atoms in total. The van der Waals surface area contributed by atoms with Gasteiger partial charge in [-0.25, -0.2) is 0 Å². The molecule has 1 fully saturated rings. The summed E-state index contributed by atoms with van der Waals surface area (Å²) < 4.78 is 5.32. The molecule has 0 radical (unpaired) electrons. The minimum Gasteiger partial charge on any atom is -0.381 e. The Hall–Kier alpha value is -1.70. The van der Waals surface area contributed by atoms with Crippen molar-refractivity contribution in [2.45, 2.75) is 25.0 Å². The number of nitrogens with two attached hydrogens (primary N) is 1. The number of likely N-dealkylation sites (tertiary alicyclic amines) is 1. The highest BCUT2D eigenvalue weighted by atomic mass is 35.5. The Kier molecular flexibility index (Phi) is 5.33. The molecule has 1 aliphatic rings. The number of hydrogen-bond donors (Lipinski definition) is 1. The smallest absolute Gasteiger partial charge is 0.283 e. The van der Waals surface area contributed by atoms with Crippen molar-refractivity contribution in [3.8, 4) is 0 Å². The number of carbonyl (C=O) groups excluding carboxylic acids is 1. The van der Waals surface area contributed by atoms with Crippen molar-refractivity contribution in [1.82, 2.24) is 4.90 Å². The van der Waals surface area contributed by atoms with Gasteiger partial charge in [0.25, 0.3) is 11.6 Å². The summed E-state index contributed by atoms with van der Waals surface area (Å²) in [6.07, 6.45) is 1.36. The van der Waals surface area contributed by atoms with Crippen LogP contribution in [-0.2, 0) is 4.74 Å². The largest absolute Gasteiger partial charge is 0.381 e. The normalized spacial score (nSPS) is 21.7. The van der Waals surface area contributed by atoms with Crippen molar-refractivity contribution >= 4 is 23.2 Å². The Morgan fingerprint density at radius 1 is 1.59 bits per heavy atom. The first-order chi connectivity index (χ1) is 10.5. The quantitative estimate of drug-likeness (QED) is 0.672. The maximum absolute atomic E-state index is 12.7. The highest BCUT2D eigenvalue weighted by Crippen LogP contribution is 2.27. The predicted molar refractivity (Wildman–Crippen MR) is 82.0 cm³/mol.